The van der Waals surface area contributed by atoms with Crippen molar-refractivity contribution < 1.29 is 0 Å². The Labute approximate surface area is 107 Å². The van der Waals surface area contributed by atoms with Gasteiger partial charge in [-0.1, -0.05) is 35.8 Å². The molecule has 0 bridgehead atoms. The van der Waals surface area contributed by atoms with Crippen LogP contribution in [0.2, 0.25) is 0 Å². The smallest absolute Gasteiger partial charge is 0.0409 e. The van der Waals surface area contributed by atoms with Crippen LogP contribution in [0.3, 0.4) is 0 Å². The molecule has 1 heterocycles. The molecule has 0 radical (unpaired) electrons. The molecule has 1 aromatic rings. The van der Waals surface area contributed by atoms with E-state index in [4.69, 9.17) is 0 Å². The molecule has 2 rings (SSSR count). The predicted molar refractivity (Wildman–Crippen MR) is 72.8 cm³/mol. The minimum Gasteiger partial charge on any atom is -0.308 e. The van der Waals surface area contributed by atoms with Gasteiger partial charge in [-0.15, -0.1) is 0 Å². The van der Waals surface area contributed by atoms with Crippen LogP contribution >= 0.6 is 15.9 Å². The van der Waals surface area contributed by atoms with Gasteiger partial charge in [-0.3, -0.25) is 0 Å². The topological polar surface area (TPSA) is 12.0 Å². The minimum absolute atomic E-state index is 0.170. The first-order chi connectivity index (χ1) is 7.53. The number of halogens is 1. The molecule has 1 nitrogen and oxygen atoms in total. The van der Waals surface area contributed by atoms with Gasteiger partial charge in [0.25, 0.3) is 0 Å². The Hall–Kier alpha value is -0.340. The zero-order valence-corrected chi connectivity index (χ0v) is 11.9. The van der Waals surface area contributed by atoms with Crippen molar-refractivity contribution in [3.63, 3.8) is 0 Å². The highest BCUT2D eigenvalue weighted by Crippen LogP contribution is 2.36. The van der Waals surface area contributed by atoms with Crippen molar-refractivity contribution in [2.75, 3.05) is 6.54 Å². The van der Waals surface area contributed by atoms with Gasteiger partial charge in [0.2, 0.25) is 0 Å². The molecule has 1 aliphatic heterocycles. The summed E-state index contributed by atoms with van der Waals surface area (Å²) in [5, 5.41) is 3.65. The highest BCUT2D eigenvalue weighted by Gasteiger charge is 2.32. The van der Waals surface area contributed by atoms with E-state index in [1.807, 2.05) is 0 Å². The molecule has 0 saturated carbocycles. The van der Waals surface area contributed by atoms with E-state index in [1.165, 1.54) is 28.4 Å². The van der Waals surface area contributed by atoms with Gasteiger partial charge in [-0.05, 0) is 55.5 Å². The van der Waals surface area contributed by atoms with E-state index in [2.05, 4.69) is 60.2 Å². The highest BCUT2D eigenvalue weighted by molar-refractivity contribution is 9.10. The molecule has 0 amide bonds. The number of nitrogens with one attached hydrogen (secondary N) is 1. The summed E-state index contributed by atoms with van der Waals surface area (Å²) < 4.78 is 1.18. The van der Waals surface area contributed by atoms with Crippen molar-refractivity contribution in [1.29, 1.82) is 0 Å². The maximum Gasteiger partial charge on any atom is 0.0409 e. The first-order valence-electron chi connectivity index (χ1n) is 6.08. The number of rotatable bonds is 2. The molecule has 1 aromatic carbocycles. The quantitative estimate of drug-likeness (QED) is 0.858. The Morgan fingerprint density at radius 3 is 2.69 bits per heavy atom. The van der Waals surface area contributed by atoms with Crippen LogP contribution in [-0.4, -0.2) is 6.54 Å². The fourth-order valence-electron chi connectivity index (χ4n) is 2.63. The molecule has 1 N–H and O–H groups in total. The maximum atomic E-state index is 3.65. The Morgan fingerprint density at radius 2 is 2.12 bits per heavy atom. The predicted octanol–water partition coefficient (Wildman–Crippen LogP) is 4.17. The molecule has 16 heavy (non-hydrogen) atoms. The molecule has 88 valence electrons. The molecule has 2 heteroatoms. The Balaban J connectivity index is 2.48. The van der Waals surface area contributed by atoms with Gasteiger partial charge in [0.15, 0.2) is 0 Å². The Bertz CT molecular complexity index is 378. The van der Waals surface area contributed by atoms with Crippen LogP contribution in [0, 0.1) is 0 Å². The fourth-order valence-corrected chi connectivity index (χ4v) is 3.00. The molecule has 1 saturated heterocycles. The van der Waals surface area contributed by atoms with E-state index < -0.39 is 0 Å². The van der Waals surface area contributed by atoms with E-state index in [9.17, 15) is 0 Å². The van der Waals surface area contributed by atoms with Crippen molar-refractivity contribution in [1.82, 2.24) is 5.32 Å². The maximum absolute atomic E-state index is 3.65. The van der Waals surface area contributed by atoms with Gasteiger partial charge < -0.3 is 5.32 Å². The number of benzene rings is 1. The highest BCUT2D eigenvalue weighted by atomic mass is 79.9. The lowest BCUT2D eigenvalue weighted by Gasteiger charge is -2.29. The molecule has 1 atom stereocenters. The summed E-state index contributed by atoms with van der Waals surface area (Å²) in [6, 6.07) is 6.69. The normalized spacial score (nSPS) is 25.3. The van der Waals surface area contributed by atoms with E-state index in [0.717, 1.165) is 6.54 Å². The van der Waals surface area contributed by atoms with Gasteiger partial charge in [-0.2, -0.15) is 0 Å². The summed E-state index contributed by atoms with van der Waals surface area (Å²) in [4.78, 5) is 0. The monoisotopic (exact) mass is 281 g/mol. The van der Waals surface area contributed by atoms with E-state index in [0.29, 0.717) is 5.92 Å². The van der Waals surface area contributed by atoms with Crippen LogP contribution in [0.25, 0.3) is 0 Å². The minimum atomic E-state index is 0.170. The zero-order chi connectivity index (χ0) is 11.8. The second-order valence-corrected chi connectivity index (χ2v) is 6.16. The second kappa shape index (κ2) is 4.50. The van der Waals surface area contributed by atoms with Crippen LogP contribution in [0.1, 0.15) is 50.7 Å². The van der Waals surface area contributed by atoms with Crippen molar-refractivity contribution in [2.45, 2.75) is 45.1 Å². The third kappa shape index (κ3) is 2.18. The van der Waals surface area contributed by atoms with Crippen molar-refractivity contribution >= 4 is 15.9 Å². The molecular formula is C14H20BrN. The van der Waals surface area contributed by atoms with E-state index in [1.54, 1.807) is 0 Å². The summed E-state index contributed by atoms with van der Waals surface area (Å²) in [7, 11) is 0. The van der Waals surface area contributed by atoms with Crippen molar-refractivity contribution in [3.8, 4) is 0 Å². The van der Waals surface area contributed by atoms with Crippen LogP contribution in [0.4, 0.5) is 0 Å². The zero-order valence-electron chi connectivity index (χ0n) is 10.3. The largest absolute Gasteiger partial charge is 0.308 e. The lowest BCUT2D eigenvalue weighted by Crippen LogP contribution is -2.34. The van der Waals surface area contributed by atoms with Gasteiger partial charge in [0, 0.05) is 10.0 Å². The van der Waals surface area contributed by atoms with Crippen molar-refractivity contribution in [3.05, 3.63) is 33.8 Å². The van der Waals surface area contributed by atoms with Crippen LogP contribution in [-0.2, 0) is 5.54 Å². The molecule has 1 unspecified atom stereocenters. The number of hydrogen-bond donors (Lipinski definition) is 1. The summed E-state index contributed by atoms with van der Waals surface area (Å²) in [5.41, 5.74) is 3.11. The van der Waals surface area contributed by atoms with Crippen molar-refractivity contribution in [2.24, 2.45) is 0 Å². The molecule has 0 aromatic heterocycles. The number of hydrogen-bond acceptors (Lipinski definition) is 1. The van der Waals surface area contributed by atoms with E-state index in [-0.39, 0.29) is 5.54 Å². The molecule has 0 spiro atoms. The lowest BCUT2D eigenvalue weighted by atomic mass is 9.83. The summed E-state index contributed by atoms with van der Waals surface area (Å²) in [6.07, 6.45) is 2.52. The second-order valence-electron chi connectivity index (χ2n) is 5.25. The standard InChI is InChI=1S/C14H20BrN/c1-10(2)12-6-5-11(15)9-13(12)14(3)7-4-8-16-14/h5-6,9-10,16H,4,7-8H2,1-3H3. The average molecular weight is 282 g/mol. The van der Waals surface area contributed by atoms with Gasteiger partial charge in [0.1, 0.15) is 0 Å². The average Bonchev–Trinajstić information content (AvgIpc) is 2.66. The molecule has 1 aliphatic rings. The summed E-state index contributed by atoms with van der Waals surface area (Å²) in [5.74, 6) is 0.585. The van der Waals surface area contributed by atoms with Gasteiger partial charge >= 0.3 is 0 Å². The third-order valence-electron chi connectivity index (χ3n) is 3.60. The Kier molecular flexibility index (Phi) is 3.41. The molecule has 1 fully saturated rings. The summed E-state index contributed by atoms with van der Waals surface area (Å²) in [6.45, 7) is 8.00. The molecule has 0 aliphatic carbocycles. The SMILES string of the molecule is CC(C)c1ccc(Br)cc1C1(C)CCCN1. The first kappa shape index (κ1) is 12.1. The third-order valence-corrected chi connectivity index (χ3v) is 4.09. The van der Waals surface area contributed by atoms with E-state index >= 15 is 0 Å². The van der Waals surface area contributed by atoms with Crippen LogP contribution in [0.15, 0.2) is 22.7 Å². The van der Waals surface area contributed by atoms with Gasteiger partial charge in [-0.25, -0.2) is 0 Å². The Morgan fingerprint density at radius 1 is 1.38 bits per heavy atom. The summed E-state index contributed by atoms with van der Waals surface area (Å²) >= 11 is 3.59. The van der Waals surface area contributed by atoms with Crippen LogP contribution < -0.4 is 5.32 Å². The lowest BCUT2D eigenvalue weighted by molar-refractivity contribution is 0.429. The fraction of sp³-hybridized carbons (Fsp3) is 0.571. The van der Waals surface area contributed by atoms with Crippen LogP contribution in [0.5, 0.6) is 0 Å². The first-order valence-corrected chi connectivity index (χ1v) is 6.87. The molecular weight excluding hydrogens is 262 g/mol. The van der Waals surface area contributed by atoms with Gasteiger partial charge in [0.05, 0.1) is 0 Å².